The van der Waals surface area contributed by atoms with Crippen LogP contribution in [0.25, 0.3) is 0 Å². The van der Waals surface area contributed by atoms with E-state index in [1.807, 2.05) is 6.07 Å². The van der Waals surface area contributed by atoms with Crippen molar-refractivity contribution >= 4 is 11.6 Å². The van der Waals surface area contributed by atoms with E-state index in [9.17, 15) is 9.18 Å². The Hall–Kier alpha value is -2.36. The molecule has 0 aromatic heterocycles. The molecule has 0 heterocycles. The van der Waals surface area contributed by atoms with E-state index in [4.69, 9.17) is 0 Å². The van der Waals surface area contributed by atoms with Crippen LogP contribution in [0, 0.1) is 0 Å². The molecular weight excluding hydrogens is 233 g/mol. The molecule has 4 heteroatoms. The van der Waals surface area contributed by atoms with Crippen molar-refractivity contribution in [2.45, 2.75) is 0 Å². The zero-order valence-corrected chi connectivity index (χ0v) is 9.60. The van der Waals surface area contributed by atoms with E-state index in [1.54, 1.807) is 48.5 Å². The Labute approximate surface area is 104 Å². The molecule has 1 N–H and O–H groups in total. The van der Waals surface area contributed by atoms with E-state index < -0.39 is 6.86 Å². The lowest BCUT2D eigenvalue weighted by molar-refractivity contribution is 0.102. The smallest absolute Gasteiger partial charge is 0.255 e. The summed E-state index contributed by atoms with van der Waals surface area (Å²) in [5, 5.41) is 2.74. The molecule has 0 saturated heterocycles. The van der Waals surface area contributed by atoms with Gasteiger partial charge in [-0.3, -0.25) is 4.79 Å². The van der Waals surface area contributed by atoms with Crippen molar-refractivity contribution < 1.29 is 13.9 Å². The fourth-order valence-corrected chi connectivity index (χ4v) is 1.49. The van der Waals surface area contributed by atoms with Gasteiger partial charge >= 0.3 is 0 Å². The first-order valence-electron chi connectivity index (χ1n) is 5.45. The lowest BCUT2D eigenvalue weighted by Crippen LogP contribution is -2.11. The molecule has 0 spiro atoms. The highest BCUT2D eigenvalue weighted by Gasteiger charge is 2.04. The topological polar surface area (TPSA) is 38.3 Å². The first-order valence-corrected chi connectivity index (χ1v) is 5.45. The van der Waals surface area contributed by atoms with Crippen LogP contribution in [0.2, 0.25) is 0 Å². The monoisotopic (exact) mass is 245 g/mol. The SMILES string of the molecule is O=C(Nc1ccc(OCF)cc1)c1ccccc1. The van der Waals surface area contributed by atoms with Crippen LogP contribution >= 0.6 is 0 Å². The van der Waals surface area contributed by atoms with E-state index >= 15 is 0 Å². The molecule has 18 heavy (non-hydrogen) atoms. The molecule has 0 fully saturated rings. The lowest BCUT2D eigenvalue weighted by atomic mass is 10.2. The summed E-state index contributed by atoms with van der Waals surface area (Å²) < 4.78 is 16.6. The standard InChI is InChI=1S/C14H12FNO2/c15-10-18-13-8-6-12(7-9-13)16-14(17)11-4-2-1-3-5-11/h1-9H,10H2,(H,16,17). The van der Waals surface area contributed by atoms with Crippen LogP contribution in [0.15, 0.2) is 54.6 Å². The van der Waals surface area contributed by atoms with E-state index in [1.165, 1.54) is 0 Å². The summed E-state index contributed by atoms with van der Waals surface area (Å²) in [4.78, 5) is 11.8. The Bertz CT molecular complexity index is 511. The fourth-order valence-electron chi connectivity index (χ4n) is 1.49. The number of halogens is 1. The number of anilines is 1. The van der Waals surface area contributed by atoms with Gasteiger partial charge in [0.1, 0.15) is 5.75 Å². The van der Waals surface area contributed by atoms with Crippen molar-refractivity contribution in [2.75, 3.05) is 12.2 Å². The van der Waals surface area contributed by atoms with Crippen LogP contribution in [0.4, 0.5) is 10.1 Å². The van der Waals surface area contributed by atoms with E-state index in [0.717, 1.165) is 0 Å². The third-order valence-electron chi connectivity index (χ3n) is 2.37. The fraction of sp³-hybridized carbons (Fsp3) is 0.0714. The van der Waals surface area contributed by atoms with Crippen molar-refractivity contribution in [1.29, 1.82) is 0 Å². The lowest BCUT2D eigenvalue weighted by Gasteiger charge is -2.06. The van der Waals surface area contributed by atoms with Gasteiger partial charge in [0, 0.05) is 11.3 Å². The number of hydrogen-bond acceptors (Lipinski definition) is 2. The molecule has 92 valence electrons. The molecule has 0 radical (unpaired) electrons. The molecule has 2 aromatic carbocycles. The molecule has 0 aliphatic rings. The number of amides is 1. The number of nitrogens with one attached hydrogen (secondary N) is 1. The van der Waals surface area contributed by atoms with Crippen LogP contribution in [-0.2, 0) is 0 Å². The van der Waals surface area contributed by atoms with Crippen LogP contribution in [0.5, 0.6) is 5.75 Å². The van der Waals surface area contributed by atoms with Gasteiger partial charge in [-0.15, -0.1) is 0 Å². The third-order valence-corrected chi connectivity index (χ3v) is 2.37. The Morgan fingerprint density at radius 3 is 2.33 bits per heavy atom. The van der Waals surface area contributed by atoms with Gasteiger partial charge in [-0.1, -0.05) is 18.2 Å². The maximum absolute atomic E-state index is 11.9. The second-order valence-electron chi connectivity index (χ2n) is 3.60. The van der Waals surface area contributed by atoms with E-state index in [2.05, 4.69) is 10.1 Å². The van der Waals surface area contributed by atoms with Crippen LogP contribution in [0.3, 0.4) is 0 Å². The predicted octanol–water partition coefficient (Wildman–Crippen LogP) is 3.24. The molecular formula is C14H12FNO2. The number of hydrogen-bond donors (Lipinski definition) is 1. The molecule has 2 aromatic rings. The average Bonchev–Trinajstić information content (AvgIpc) is 2.42. The van der Waals surface area contributed by atoms with Gasteiger partial charge in [-0.2, -0.15) is 0 Å². The minimum Gasteiger partial charge on any atom is -0.463 e. The Kier molecular flexibility index (Phi) is 3.91. The Morgan fingerprint density at radius 2 is 1.72 bits per heavy atom. The van der Waals surface area contributed by atoms with Gasteiger partial charge in [0.2, 0.25) is 6.86 Å². The van der Waals surface area contributed by atoms with E-state index in [0.29, 0.717) is 17.0 Å². The van der Waals surface area contributed by atoms with Gasteiger partial charge in [0.25, 0.3) is 5.91 Å². The van der Waals surface area contributed by atoms with Gasteiger partial charge in [-0.25, -0.2) is 4.39 Å². The van der Waals surface area contributed by atoms with Gasteiger partial charge < -0.3 is 10.1 Å². The highest BCUT2D eigenvalue weighted by Crippen LogP contribution is 2.16. The van der Waals surface area contributed by atoms with Gasteiger partial charge in [-0.05, 0) is 36.4 Å². The van der Waals surface area contributed by atoms with Crippen LogP contribution in [-0.4, -0.2) is 12.8 Å². The number of benzene rings is 2. The molecule has 0 saturated carbocycles. The molecule has 3 nitrogen and oxygen atoms in total. The van der Waals surface area contributed by atoms with Crippen LogP contribution in [0.1, 0.15) is 10.4 Å². The van der Waals surface area contributed by atoms with Gasteiger partial charge in [0.15, 0.2) is 0 Å². The summed E-state index contributed by atoms with van der Waals surface area (Å²) in [6.07, 6.45) is 0. The third kappa shape index (κ3) is 3.07. The quantitative estimate of drug-likeness (QED) is 0.897. The number of rotatable bonds is 4. The van der Waals surface area contributed by atoms with Gasteiger partial charge in [0.05, 0.1) is 0 Å². The first-order chi connectivity index (χ1) is 8.79. The molecule has 1 amide bonds. The second-order valence-corrected chi connectivity index (χ2v) is 3.60. The first kappa shape index (κ1) is 12.1. The second kappa shape index (κ2) is 5.82. The molecule has 0 atom stereocenters. The maximum atomic E-state index is 11.9. The number of carbonyl (C=O) groups is 1. The Morgan fingerprint density at radius 1 is 1.06 bits per heavy atom. The predicted molar refractivity (Wildman–Crippen MR) is 67.4 cm³/mol. The highest BCUT2D eigenvalue weighted by molar-refractivity contribution is 6.04. The summed E-state index contributed by atoms with van der Waals surface area (Å²) in [6, 6.07) is 15.4. The summed E-state index contributed by atoms with van der Waals surface area (Å²) in [5.74, 6) is 0.241. The number of ether oxygens (including phenoxy) is 1. The molecule has 2 rings (SSSR count). The molecule has 0 unspecified atom stereocenters. The summed E-state index contributed by atoms with van der Waals surface area (Å²) >= 11 is 0. The van der Waals surface area contributed by atoms with Crippen molar-refractivity contribution in [3.05, 3.63) is 60.2 Å². The molecule has 0 bridgehead atoms. The molecule has 0 aliphatic heterocycles. The average molecular weight is 245 g/mol. The van der Waals surface area contributed by atoms with Crippen molar-refractivity contribution in [3.8, 4) is 5.75 Å². The highest BCUT2D eigenvalue weighted by atomic mass is 19.1. The molecule has 0 aliphatic carbocycles. The zero-order valence-electron chi connectivity index (χ0n) is 9.60. The van der Waals surface area contributed by atoms with Crippen molar-refractivity contribution in [2.24, 2.45) is 0 Å². The number of carbonyl (C=O) groups excluding carboxylic acids is 1. The summed E-state index contributed by atoms with van der Waals surface area (Å²) in [6.45, 7) is -0.865. The normalized spacial score (nSPS) is 9.83. The zero-order chi connectivity index (χ0) is 12.8. The van der Waals surface area contributed by atoms with E-state index in [-0.39, 0.29) is 5.91 Å². The van der Waals surface area contributed by atoms with Crippen LogP contribution < -0.4 is 10.1 Å². The Balaban J connectivity index is 2.03. The summed E-state index contributed by atoms with van der Waals surface area (Å²) in [7, 11) is 0. The largest absolute Gasteiger partial charge is 0.463 e. The van der Waals surface area contributed by atoms with Crippen molar-refractivity contribution in [1.82, 2.24) is 0 Å². The number of alkyl halides is 1. The minimum absolute atomic E-state index is 0.185. The summed E-state index contributed by atoms with van der Waals surface area (Å²) in [5.41, 5.74) is 1.22. The minimum atomic E-state index is -0.865. The van der Waals surface area contributed by atoms with Crippen molar-refractivity contribution in [3.63, 3.8) is 0 Å². The maximum Gasteiger partial charge on any atom is 0.255 e.